The molecule has 2 N–H and O–H groups in total. The van der Waals surface area contributed by atoms with E-state index in [2.05, 4.69) is 5.32 Å². The van der Waals surface area contributed by atoms with Crippen molar-refractivity contribution in [2.24, 2.45) is 0 Å². The van der Waals surface area contributed by atoms with Crippen molar-refractivity contribution < 1.29 is 14.6 Å². The maximum absolute atomic E-state index is 9.63. The number of thiophene rings is 1. The molecule has 4 nitrogen and oxygen atoms in total. The van der Waals surface area contributed by atoms with Crippen LogP contribution >= 0.6 is 22.9 Å². The van der Waals surface area contributed by atoms with Crippen LogP contribution in [0.2, 0.25) is 5.02 Å². The van der Waals surface area contributed by atoms with E-state index in [0.717, 1.165) is 5.56 Å². The van der Waals surface area contributed by atoms with E-state index in [1.807, 2.05) is 23.6 Å². The third-order valence-electron chi connectivity index (χ3n) is 3.18. The Labute approximate surface area is 133 Å². The van der Waals surface area contributed by atoms with E-state index in [0.29, 0.717) is 23.1 Å². The first-order valence-corrected chi connectivity index (χ1v) is 7.74. The summed E-state index contributed by atoms with van der Waals surface area (Å²) in [6.45, 7) is 0.619. The Kier molecular flexibility index (Phi) is 5.87. The van der Waals surface area contributed by atoms with Crippen LogP contribution in [-0.2, 0) is 6.54 Å². The largest absolute Gasteiger partial charge is 0.493 e. The van der Waals surface area contributed by atoms with Gasteiger partial charge in [-0.2, -0.15) is 0 Å². The van der Waals surface area contributed by atoms with Gasteiger partial charge >= 0.3 is 0 Å². The van der Waals surface area contributed by atoms with E-state index in [-0.39, 0.29) is 12.6 Å². The highest BCUT2D eigenvalue weighted by atomic mass is 35.5. The molecule has 0 radical (unpaired) electrons. The van der Waals surface area contributed by atoms with Gasteiger partial charge in [-0.25, -0.2) is 0 Å². The minimum atomic E-state index is -0.264. The number of methoxy groups -OCH3 is 2. The average molecular weight is 328 g/mol. The molecule has 0 saturated heterocycles. The molecule has 114 valence electrons. The standard InChI is InChI=1S/C15H18ClNO3S/c1-19-13-6-5-11(14(16)15(13)20-2)12(9-18)17-8-10-4-3-7-21-10/h3-7,12,17-18H,8-9H2,1-2H3. The lowest BCUT2D eigenvalue weighted by Crippen LogP contribution is -2.24. The lowest BCUT2D eigenvalue weighted by Gasteiger charge is -2.20. The highest BCUT2D eigenvalue weighted by Gasteiger charge is 2.19. The Morgan fingerprint density at radius 2 is 2.10 bits per heavy atom. The van der Waals surface area contributed by atoms with Gasteiger partial charge in [0.1, 0.15) is 0 Å². The van der Waals surface area contributed by atoms with E-state index < -0.39 is 0 Å². The van der Waals surface area contributed by atoms with E-state index in [1.165, 1.54) is 4.88 Å². The molecular weight excluding hydrogens is 310 g/mol. The molecular formula is C15H18ClNO3S. The molecule has 1 aromatic heterocycles. The van der Waals surface area contributed by atoms with Gasteiger partial charge in [-0.05, 0) is 23.1 Å². The molecule has 21 heavy (non-hydrogen) atoms. The molecule has 2 aromatic rings. The van der Waals surface area contributed by atoms with Crippen LogP contribution in [0.1, 0.15) is 16.5 Å². The van der Waals surface area contributed by atoms with E-state index in [1.54, 1.807) is 31.6 Å². The first-order valence-electron chi connectivity index (χ1n) is 6.48. The first-order chi connectivity index (χ1) is 10.2. The lowest BCUT2D eigenvalue weighted by atomic mass is 10.1. The van der Waals surface area contributed by atoms with Crippen molar-refractivity contribution in [1.82, 2.24) is 5.32 Å². The van der Waals surface area contributed by atoms with Gasteiger partial charge in [0, 0.05) is 11.4 Å². The number of rotatable bonds is 7. The van der Waals surface area contributed by atoms with Crippen molar-refractivity contribution in [3.63, 3.8) is 0 Å². The van der Waals surface area contributed by atoms with Gasteiger partial charge < -0.3 is 19.9 Å². The van der Waals surface area contributed by atoms with Gasteiger partial charge in [0.25, 0.3) is 0 Å². The summed E-state index contributed by atoms with van der Waals surface area (Å²) in [5.74, 6) is 1.05. The molecule has 0 aliphatic heterocycles. The monoisotopic (exact) mass is 327 g/mol. The summed E-state index contributed by atoms with van der Waals surface area (Å²) >= 11 is 8.04. The summed E-state index contributed by atoms with van der Waals surface area (Å²) < 4.78 is 10.5. The van der Waals surface area contributed by atoms with Gasteiger partial charge in [0.15, 0.2) is 11.5 Å². The zero-order chi connectivity index (χ0) is 15.2. The molecule has 0 bridgehead atoms. The van der Waals surface area contributed by atoms with E-state index in [9.17, 15) is 5.11 Å². The molecule has 0 spiro atoms. The van der Waals surface area contributed by atoms with Crippen molar-refractivity contribution in [2.45, 2.75) is 12.6 Å². The van der Waals surface area contributed by atoms with Gasteiger partial charge in [0.05, 0.1) is 31.9 Å². The average Bonchev–Trinajstić information content (AvgIpc) is 3.02. The summed E-state index contributed by atoms with van der Waals surface area (Å²) in [4.78, 5) is 1.20. The molecule has 0 aliphatic rings. The van der Waals surface area contributed by atoms with Crippen molar-refractivity contribution >= 4 is 22.9 Å². The van der Waals surface area contributed by atoms with Crippen LogP contribution in [0.3, 0.4) is 0 Å². The van der Waals surface area contributed by atoms with Crippen LogP contribution in [0.4, 0.5) is 0 Å². The molecule has 0 aliphatic carbocycles. The number of aliphatic hydroxyl groups is 1. The van der Waals surface area contributed by atoms with Gasteiger partial charge in [-0.15, -0.1) is 11.3 Å². The van der Waals surface area contributed by atoms with Crippen LogP contribution < -0.4 is 14.8 Å². The first kappa shape index (κ1) is 16.1. The Hall–Kier alpha value is -1.27. The molecule has 1 aromatic carbocycles. The van der Waals surface area contributed by atoms with Crippen LogP contribution in [0.15, 0.2) is 29.6 Å². The predicted octanol–water partition coefficient (Wildman–Crippen LogP) is 3.24. The van der Waals surface area contributed by atoms with Crippen molar-refractivity contribution in [1.29, 1.82) is 0 Å². The summed E-state index contributed by atoms with van der Waals surface area (Å²) in [5, 5.41) is 15.4. The highest BCUT2D eigenvalue weighted by molar-refractivity contribution is 7.09. The second kappa shape index (κ2) is 7.66. The fraction of sp³-hybridized carbons (Fsp3) is 0.333. The van der Waals surface area contributed by atoms with E-state index in [4.69, 9.17) is 21.1 Å². The summed E-state index contributed by atoms with van der Waals surface area (Å²) in [5.41, 5.74) is 0.786. The molecule has 1 unspecified atom stereocenters. The lowest BCUT2D eigenvalue weighted by molar-refractivity contribution is 0.243. The van der Waals surface area contributed by atoms with Crippen molar-refractivity contribution in [2.75, 3.05) is 20.8 Å². The zero-order valence-electron chi connectivity index (χ0n) is 11.9. The minimum Gasteiger partial charge on any atom is -0.493 e. The quantitative estimate of drug-likeness (QED) is 0.819. The second-order valence-corrected chi connectivity index (χ2v) is 5.81. The van der Waals surface area contributed by atoms with Crippen LogP contribution in [0.25, 0.3) is 0 Å². The van der Waals surface area contributed by atoms with Gasteiger partial charge in [-0.3, -0.25) is 0 Å². The van der Waals surface area contributed by atoms with E-state index >= 15 is 0 Å². The van der Waals surface area contributed by atoms with Gasteiger partial charge in [0.2, 0.25) is 0 Å². The fourth-order valence-electron chi connectivity index (χ4n) is 2.08. The number of aliphatic hydroxyl groups excluding tert-OH is 1. The SMILES string of the molecule is COc1ccc(C(CO)NCc2cccs2)c(Cl)c1OC. The maximum Gasteiger partial charge on any atom is 0.179 e. The highest BCUT2D eigenvalue weighted by Crippen LogP contribution is 2.39. The number of hydrogen-bond donors (Lipinski definition) is 2. The van der Waals surface area contributed by atoms with Crippen LogP contribution in [0.5, 0.6) is 11.5 Å². The summed E-state index contributed by atoms with van der Waals surface area (Å²) in [6.07, 6.45) is 0. The summed E-state index contributed by atoms with van der Waals surface area (Å²) in [7, 11) is 3.10. The third kappa shape index (κ3) is 3.68. The number of halogens is 1. The van der Waals surface area contributed by atoms with Crippen molar-refractivity contribution in [3.05, 3.63) is 45.1 Å². The number of benzene rings is 1. The molecule has 1 heterocycles. The Morgan fingerprint density at radius 1 is 1.29 bits per heavy atom. The Balaban J connectivity index is 2.21. The van der Waals surface area contributed by atoms with Crippen LogP contribution in [0, 0.1) is 0 Å². The molecule has 1 atom stereocenters. The second-order valence-electron chi connectivity index (χ2n) is 4.40. The minimum absolute atomic E-state index is 0.0550. The van der Waals surface area contributed by atoms with Crippen LogP contribution in [-0.4, -0.2) is 25.9 Å². The normalized spacial score (nSPS) is 12.2. The maximum atomic E-state index is 9.63. The molecule has 6 heteroatoms. The van der Waals surface area contributed by atoms with Crippen molar-refractivity contribution in [3.8, 4) is 11.5 Å². The number of ether oxygens (including phenoxy) is 2. The number of nitrogens with one attached hydrogen (secondary N) is 1. The molecule has 2 rings (SSSR count). The zero-order valence-corrected chi connectivity index (χ0v) is 13.5. The Bertz CT molecular complexity index is 575. The molecule has 0 saturated carbocycles. The van der Waals surface area contributed by atoms with Gasteiger partial charge in [-0.1, -0.05) is 23.7 Å². The molecule has 0 fully saturated rings. The summed E-state index contributed by atoms with van der Waals surface area (Å²) in [6, 6.07) is 7.41. The fourth-order valence-corrected chi connectivity index (χ4v) is 3.10. The molecule has 0 amide bonds. The number of hydrogen-bond acceptors (Lipinski definition) is 5. The smallest absolute Gasteiger partial charge is 0.179 e. The third-order valence-corrected chi connectivity index (χ3v) is 4.44. The predicted molar refractivity (Wildman–Crippen MR) is 85.5 cm³/mol. The topological polar surface area (TPSA) is 50.7 Å². The Morgan fingerprint density at radius 3 is 2.67 bits per heavy atom.